The van der Waals surface area contributed by atoms with Crippen molar-refractivity contribution in [2.75, 3.05) is 19.0 Å². The summed E-state index contributed by atoms with van der Waals surface area (Å²) in [6.45, 7) is 2.02. The van der Waals surface area contributed by atoms with Gasteiger partial charge < -0.3 is 19.8 Å². The van der Waals surface area contributed by atoms with E-state index in [0.29, 0.717) is 0 Å². The van der Waals surface area contributed by atoms with E-state index < -0.39 is 29.5 Å². The van der Waals surface area contributed by atoms with Crippen LogP contribution in [0.4, 0.5) is 14.8 Å². The number of hydrogen-bond donors (Lipinski definition) is 2. The number of ether oxygens (including phenoxy) is 1. The maximum absolute atomic E-state index is 14.5. The molecule has 2 heterocycles. The van der Waals surface area contributed by atoms with Crippen LogP contribution in [0.2, 0.25) is 0 Å². The van der Waals surface area contributed by atoms with E-state index in [1.165, 1.54) is 7.11 Å². The number of aryl methyl sites for hydroxylation is 1. The summed E-state index contributed by atoms with van der Waals surface area (Å²) in [4.78, 5) is 12.3. The molecule has 0 aliphatic carbocycles. The van der Waals surface area contributed by atoms with Crippen LogP contribution in [0.1, 0.15) is 17.0 Å². The smallest absolute Gasteiger partial charge is 0.316 e. The minimum Gasteiger partial charge on any atom is -0.497 e. The molecule has 0 bridgehead atoms. The van der Waals surface area contributed by atoms with Gasteiger partial charge in [0.25, 0.3) is 0 Å². The van der Waals surface area contributed by atoms with Gasteiger partial charge in [0.05, 0.1) is 7.11 Å². The van der Waals surface area contributed by atoms with Gasteiger partial charge in [-0.05, 0) is 19.1 Å². The van der Waals surface area contributed by atoms with Crippen LogP contribution in [0, 0.1) is 18.6 Å². The number of rotatable bonds is 5. The number of nitrogens with zero attached hydrogens (tertiary/aromatic N) is 2. The standard InChI is InChI=1S/C20H18F2N4O3/c1-10-3-5-11(6-4-10)19-25-26-20(29-19)24-17-13(9-23-18(17)27)16-14(21)7-12(28-2)8-15(16)22/h3-8,13,17H,9H2,1-2H3,(H,23,27)(H,24,26)/t13?,17-/m1/s1. The average Bonchev–Trinajstić information content (AvgIpc) is 3.30. The largest absolute Gasteiger partial charge is 0.497 e. The van der Waals surface area contributed by atoms with E-state index in [-0.39, 0.29) is 29.8 Å². The lowest BCUT2D eigenvalue weighted by Gasteiger charge is -2.19. The maximum Gasteiger partial charge on any atom is 0.316 e. The van der Waals surface area contributed by atoms with Gasteiger partial charge in [-0.15, -0.1) is 5.10 Å². The molecule has 2 N–H and O–H groups in total. The van der Waals surface area contributed by atoms with Gasteiger partial charge in [0.1, 0.15) is 23.4 Å². The fraction of sp³-hybridized carbons (Fsp3) is 0.250. The number of hydrogen-bond acceptors (Lipinski definition) is 6. The van der Waals surface area contributed by atoms with Gasteiger partial charge in [0.15, 0.2) is 0 Å². The molecule has 0 spiro atoms. The third kappa shape index (κ3) is 3.63. The van der Waals surface area contributed by atoms with Crippen molar-refractivity contribution in [3.05, 3.63) is 59.2 Å². The second kappa shape index (κ2) is 7.50. The van der Waals surface area contributed by atoms with Crippen LogP contribution in [-0.2, 0) is 4.79 Å². The fourth-order valence-electron chi connectivity index (χ4n) is 3.32. The number of carbonyl (C=O) groups excluding carboxylic acids is 1. The number of amides is 1. The highest BCUT2D eigenvalue weighted by molar-refractivity contribution is 5.88. The lowest BCUT2D eigenvalue weighted by Crippen LogP contribution is -2.33. The molecule has 1 saturated heterocycles. The van der Waals surface area contributed by atoms with Crippen LogP contribution in [0.5, 0.6) is 5.75 Å². The Kier molecular flexibility index (Phi) is 4.87. The number of aromatic nitrogens is 2. The highest BCUT2D eigenvalue weighted by Crippen LogP contribution is 2.33. The van der Waals surface area contributed by atoms with Gasteiger partial charge in [-0.25, -0.2) is 8.78 Å². The molecular weight excluding hydrogens is 382 g/mol. The topological polar surface area (TPSA) is 89.3 Å². The summed E-state index contributed by atoms with van der Waals surface area (Å²) in [5.41, 5.74) is 1.59. The monoisotopic (exact) mass is 400 g/mol. The third-order valence-corrected chi connectivity index (χ3v) is 4.84. The summed E-state index contributed by atoms with van der Waals surface area (Å²) in [5, 5.41) is 13.3. The Labute approximate surface area is 165 Å². The molecule has 1 fully saturated rings. The van der Waals surface area contributed by atoms with Crippen molar-refractivity contribution >= 4 is 11.9 Å². The normalized spacial score (nSPS) is 18.6. The van der Waals surface area contributed by atoms with E-state index in [1.54, 1.807) is 0 Å². The van der Waals surface area contributed by atoms with Crippen LogP contribution in [0.3, 0.4) is 0 Å². The van der Waals surface area contributed by atoms with Gasteiger partial charge >= 0.3 is 6.01 Å². The number of halogens is 2. The van der Waals surface area contributed by atoms with Gasteiger partial charge in [-0.2, -0.15) is 0 Å². The summed E-state index contributed by atoms with van der Waals surface area (Å²) >= 11 is 0. The summed E-state index contributed by atoms with van der Waals surface area (Å²) in [6, 6.07) is 8.66. The highest BCUT2D eigenvalue weighted by Gasteiger charge is 2.40. The quantitative estimate of drug-likeness (QED) is 0.684. The first kappa shape index (κ1) is 18.9. The van der Waals surface area contributed by atoms with Crippen molar-refractivity contribution in [2.45, 2.75) is 18.9 Å². The van der Waals surface area contributed by atoms with Crippen molar-refractivity contribution in [2.24, 2.45) is 0 Å². The highest BCUT2D eigenvalue weighted by atomic mass is 19.1. The zero-order valence-electron chi connectivity index (χ0n) is 15.7. The van der Waals surface area contributed by atoms with Gasteiger partial charge in [-0.1, -0.05) is 22.8 Å². The molecule has 0 radical (unpaired) electrons. The van der Waals surface area contributed by atoms with E-state index in [4.69, 9.17) is 9.15 Å². The molecule has 4 rings (SSSR count). The second-order valence-corrected chi connectivity index (χ2v) is 6.76. The molecule has 9 heteroatoms. The van der Waals surface area contributed by atoms with Crippen molar-refractivity contribution in [1.29, 1.82) is 0 Å². The Morgan fingerprint density at radius 1 is 1.17 bits per heavy atom. The maximum atomic E-state index is 14.5. The van der Waals surface area contributed by atoms with Crippen LogP contribution < -0.4 is 15.4 Å². The van der Waals surface area contributed by atoms with E-state index in [2.05, 4.69) is 20.8 Å². The first-order chi connectivity index (χ1) is 14.0. The molecule has 29 heavy (non-hydrogen) atoms. The van der Waals surface area contributed by atoms with Crippen LogP contribution in [0.15, 0.2) is 40.8 Å². The van der Waals surface area contributed by atoms with Gasteiger partial charge in [0.2, 0.25) is 11.8 Å². The lowest BCUT2D eigenvalue weighted by atomic mass is 9.93. The van der Waals surface area contributed by atoms with Crippen molar-refractivity contribution in [3.8, 4) is 17.2 Å². The second-order valence-electron chi connectivity index (χ2n) is 6.76. The van der Waals surface area contributed by atoms with Gasteiger partial charge in [0, 0.05) is 35.7 Å². The molecule has 0 saturated carbocycles. The summed E-state index contributed by atoms with van der Waals surface area (Å²) in [6.07, 6.45) is 0. The molecule has 2 atom stereocenters. The minimum absolute atomic E-state index is 0.0121. The number of methoxy groups -OCH3 is 1. The molecular formula is C20H18F2N4O3. The lowest BCUT2D eigenvalue weighted by molar-refractivity contribution is -0.119. The molecule has 1 amide bonds. The zero-order chi connectivity index (χ0) is 20.5. The SMILES string of the molecule is COc1cc(F)c(C2CNC(=O)[C@@H]2Nc2nnc(-c3ccc(C)cc3)o2)c(F)c1. The number of anilines is 1. The Morgan fingerprint density at radius 3 is 2.52 bits per heavy atom. The predicted molar refractivity (Wildman–Crippen MR) is 101 cm³/mol. The van der Waals surface area contributed by atoms with E-state index in [0.717, 1.165) is 23.3 Å². The molecule has 7 nitrogen and oxygen atoms in total. The molecule has 1 unspecified atom stereocenters. The molecule has 3 aromatic rings. The summed E-state index contributed by atoms with van der Waals surface area (Å²) in [5.74, 6) is -2.47. The first-order valence-corrected chi connectivity index (χ1v) is 8.94. The van der Waals surface area contributed by atoms with Crippen molar-refractivity contribution < 1.29 is 22.7 Å². The van der Waals surface area contributed by atoms with Crippen LogP contribution in [-0.4, -0.2) is 35.8 Å². The average molecular weight is 400 g/mol. The Bertz CT molecular complexity index is 1030. The molecule has 2 aromatic carbocycles. The van der Waals surface area contributed by atoms with Crippen LogP contribution in [0.25, 0.3) is 11.5 Å². The van der Waals surface area contributed by atoms with Crippen molar-refractivity contribution in [1.82, 2.24) is 15.5 Å². The zero-order valence-corrected chi connectivity index (χ0v) is 15.7. The summed E-state index contributed by atoms with van der Waals surface area (Å²) in [7, 11) is 1.32. The Hall–Kier alpha value is -3.49. The van der Waals surface area contributed by atoms with E-state index >= 15 is 0 Å². The molecule has 1 aromatic heterocycles. The fourth-order valence-corrected chi connectivity index (χ4v) is 3.32. The molecule has 1 aliphatic heterocycles. The first-order valence-electron chi connectivity index (χ1n) is 8.94. The van der Waals surface area contributed by atoms with Crippen LogP contribution >= 0.6 is 0 Å². The summed E-state index contributed by atoms with van der Waals surface area (Å²) < 4.78 is 39.5. The molecule has 150 valence electrons. The molecule has 1 aliphatic rings. The minimum atomic E-state index is -0.973. The number of carbonyl (C=O) groups is 1. The van der Waals surface area contributed by atoms with E-state index in [1.807, 2.05) is 31.2 Å². The predicted octanol–water partition coefficient (Wildman–Crippen LogP) is 3.03. The third-order valence-electron chi connectivity index (χ3n) is 4.84. The Balaban J connectivity index is 1.59. The Morgan fingerprint density at radius 2 is 1.86 bits per heavy atom. The van der Waals surface area contributed by atoms with Gasteiger partial charge in [-0.3, -0.25) is 4.79 Å². The van der Waals surface area contributed by atoms with E-state index in [9.17, 15) is 13.6 Å². The number of benzene rings is 2. The van der Waals surface area contributed by atoms with Crippen molar-refractivity contribution in [3.63, 3.8) is 0 Å². The number of nitrogens with one attached hydrogen (secondary N) is 2.